The summed E-state index contributed by atoms with van der Waals surface area (Å²) in [5.74, 6) is 0.225. The first-order valence-electron chi connectivity index (χ1n) is 5.71. The van der Waals surface area contributed by atoms with E-state index in [2.05, 4.69) is 4.98 Å². The molecule has 0 radical (unpaired) electrons. The first kappa shape index (κ1) is 12.0. The molecule has 2 aromatic carbocycles. The Hall–Kier alpha value is -2.07. The minimum Gasteiger partial charge on any atom is -0.440 e. The standard InChI is InChI=1S/C14H10ClFN2O/c15-10-6-12-13(7-11(10)17)19-14(18-12)5-8-2-1-3-9(16)4-8/h1-4,6-7H,5,17H2. The number of fused-ring (bicyclic) bond motifs is 1. The van der Waals surface area contributed by atoms with E-state index in [0.717, 1.165) is 5.56 Å². The number of hydrogen-bond donors (Lipinski definition) is 1. The highest BCUT2D eigenvalue weighted by Crippen LogP contribution is 2.26. The Bertz CT molecular complexity index is 715. The summed E-state index contributed by atoms with van der Waals surface area (Å²) >= 11 is 5.92. The van der Waals surface area contributed by atoms with Crippen LogP contribution < -0.4 is 5.73 Å². The Kier molecular flexibility index (Phi) is 2.87. The monoisotopic (exact) mass is 276 g/mol. The smallest absolute Gasteiger partial charge is 0.199 e. The highest BCUT2D eigenvalue weighted by molar-refractivity contribution is 6.33. The predicted octanol–water partition coefficient (Wildman–Crippen LogP) is 3.79. The molecule has 0 fully saturated rings. The van der Waals surface area contributed by atoms with Crippen molar-refractivity contribution in [1.29, 1.82) is 0 Å². The van der Waals surface area contributed by atoms with Crippen molar-refractivity contribution in [1.82, 2.24) is 4.98 Å². The van der Waals surface area contributed by atoms with Crippen LogP contribution in [0.25, 0.3) is 11.1 Å². The number of anilines is 1. The zero-order chi connectivity index (χ0) is 13.4. The molecule has 0 aliphatic carbocycles. The van der Waals surface area contributed by atoms with E-state index in [1.165, 1.54) is 12.1 Å². The molecule has 0 amide bonds. The topological polar surface area (TPSA) is 52.0 Å². The molecule has 2 N–H and O–H groups in total. The van der Waals surface area contributed by atoms with E-state index in [9.17, 15) is 4.39 Å². The van der Waals surface area contributed by atoms with Crippen molar-refractivity contribution in [2.75, 3.05) is 5.73 Å². The molecule has 0 aliphatic rings. The van der Waals surface area contributed by atoms with E-state index in [1.807, 2.05) is 6.07 Å². The van der Waals surface area contributed by atoms with E-state index < -0.39 is 0 Å². The van der Waals surface area contributed by atoms with Gasteiger partial charge < -0.3 is 10.2 Å². The Morgan fingerprint density at radius 2 is 2.11 bits per heavy atom. The molecule has 0 aliphatic heterocycles. The lowest BCUT2D eigenvalue weighted by Gasteiger charge is -1.96. The number of aromatic nitrogens is 1. The summed E-state index contributed by atoms with van der Waals surface area (Å²) in [5.41, 5.74) is 8.16. The largest absolute Gasteiger partial charge is 0.440 e. The van der Waals surface area contributed by atoms with Crippen LogP contribution >= 0.6 is 11.6 Å². The molecule has 0 saturated carbocycles. The maximum Gasteiger partial charge on any atom is 0.199 e. The summed E-state index contributed by atoms with van der Waals surface area (Å²) in [6, 6.07) is 9.62. The molecule has 0 saturated heterocycles. The third kappa shape index (κ3) is 2.39. The zero-order valence-corrected chi connectivity index (χ0v) is 10.6. The van der Waals surface area contributed by atoms with E-state index in [1.54, 1.807) is 18.2 Å². The second-order valence-corrected chi connectivity index (χ2v) is 4.66. The van der Waals surface area contributed by atoms with Crippen molar-refractivity contribution in [2.45, 2.75) is 6.42 Å². The third-order valence-corrected chi connectivity index (χ3v) is 3.12. The fraction of sp³-hybridized carbons (Fsp3) is 0.0714. The number of rotatable bonds is 2. The summed E-state index contributed by atoms with van der Waals surface area (Å²) in [4.78, 5) is 4.31. The van der Waals surface area contributed by atoms with Gasteiger partial charge >= 0.3 is 0 Å². The van der Waals surface area contributed by atoms with Crippen LogP contribution in [0.2, 0.25) is 5.02 Å². The summed E-state index contributed by atoms with van der Waals surface area (Å²) in [7, 11) is 0. The Morgan fingerprint density at radius 3 is 2.89 bits per heavy atom. The average Bonchev–Trinajstić information content (AvgIpc) is 2.71. The summed E-state index contributed by atoms with van der Waals surface area (Å²) in [5, 5.41) is 0.443. The van der Waals surface area contributed by atoms with Gasteiger partial charge in [0.1, 0.15) is 11.3 Å². The molecule has 0 unspecified atom stereocenters. The lowest BCUT2D eigenvalue weighted by atomic mass is 10.1. The molecule has 5 heteroatoms. The molecule has 0 bridgehead atoms. The van der Waals surface area contributed by atoms with Crippen molar-refractivity contribution in [3.05, 3.63) is 58.7 Å². The van der Waals surface area contributed by atoms with Gasteiger partial charge in [0.25, 0.3) is 0 Å². The van der Waals surface area contributed by atoms with Crippen LogP contribution in [0.3, 0.4) is 0 Å². The number of halogens is 2. The van der Waals surface area contributed by atoms with Gasteiger partial charge in [0.05, 0.1) is 10.7 Å². The average molecular weight is 277 g/mol. The number of nitrogens with zero attached hydrogens (tertiary/aromatic N) is 1. The summed E-state index contributed by atoms with van der Waals surface area (Å²) in [6.45, 7) is 0. The molecule has 1 heterocycles. The third-order valence-electron chi connectivity index (χ3n) is 2.80. The van der Waals surface area contributed by atoms with Gasteiger partial charge in [-0.3, -0.25) is 0 Å². The van der Waals surface area contributed by atoms with Gasteiger partial charge in [0.15, 0.2) is 11.5 Å². The molecule has 3 rings (SSSR count). The lowest BCUT2D eigenvalue weighted by molar-refractivity contribution is 0.543. The van der Waals surface area contributed by atoms with Crippen LogP contribution in [0.15, 0.2) is 40.8 Å². The molecule has 3 nitrogen and oxygen atoms in total. The van der Waals surface area contributed by atoms with Gasteiger partial charge in [-0.15, -0.1) is 0 Å². The van der Waals surface area contributed by atoms with Crippen LogP contribution in [-0.2, 0) is 6.42 Å². The lowest BCUT2D eigenvalue weighted by Crippen LogP contribution is -1.88. The van der Waals surface area contributed by atoms with Crippen LogP contribution in [0.4, 0.5) is 10.1 Å². The fourth-order valence-corrected chi connectivity index (χ4v) is 2.07. The number of nitrogen functional groups attached to an aromatic ring is 1. The second kappa shape index (κ2) is 4.55. The predicted molar refractivity (Wildman–Crippen MR) is 72.6 cm³/mol. The minimum absolute atomic E-state index is 0.277. The molecule has 96 valence electrons. The van der Waals surface area contributed by atoms with Gasteiger partial charge in [-0.1, -0.05) is 23.7 Å². The van der Waals surface area contributed by atoms with Gasteiger partial charge in [-0.05, 0) is 23.8 Å². The van der Waals surface area contributed by atoms with Gasteiger partial charge in [0.2, 0.25) is 0 Å². The molecular formula is C14H10ClFN2O. The first-order valence-corrected chi connectivity index (χ1v) is 6.08. The molecule has 0 atom stereocenters. The highest BCUT2D eigenvalue weighted by Gasteiger charge is 2.09. The van der Waals surface area contributed by atoms with Gasteiger partial charge in [-0.2, -0.15) is 0 Å². The van der Waals surface area contributed by atoms with Crippen LogP contribution in [0.5, 0.6) is 0 Å². The van der Waals surface area contributed by atoms with Crippen LogP contribution in [0, 0.1) is 5.82 Å². The summed E-state index contributed by atoms with van der Waals surface area (Å²) < 4.78 is 18.7. The maximum atomic E-state index is 13.1. The minimum atomic E-state index is -0.277. The second-order valence-electron chi connectivity index (χ2n) is 4.26. The Labute approximate surface area is 113 Å². The highest BCUT2D eigenvalue weighted by atomic mass is 35.5. The van der Waals surface area contributed by atoms with Crippen molar-refractivity contribution in [3.63, 3.8) is 0 Å². The molecular weight excluding hydrogens is 267 g/mol. The zero-order valence-electron chi connectivity index (χ0n) is 9.86. The number of nitrogens with two attached hydrogens (primary N) is 1. The van der Waals surface area contributed by atoms with Crippen LogP contribution in [0.1, 0.15) is 11.5 Å². The van der Waals surface area contributed by atoms with Crippen molar-refractivity contribution >= 4 is 28.4 Å². The molecule has 1 aromatic heterocycles. The van der Waals surface area contributed by atoms with E-state index in [-0.39, 0.29) is 5.82 Å². The van der Waals surface area contributed by atoms with E-state index in [4.69, 9.17) is 21.8 Å². The van der Waals surface area contributed by atoms with E-state index in [0.29, 0.717) is 34.1 Å². The molecule has 3 aromatic rings. The van der Waals surface area contributed by atoms with Gasteiger partial charge in [0, 0.05) is 12.5 Å². The number of oxazole rings is 1. The maximum absolute atomic E-state index is 13.1. The van der Waals surface area contributed by atoms with Gasteiger partial charge in [-0.25, -0.2) is 9.37 Å². The summed E-state index contributed by atoms with van der Waals surface area (Å²) in [6.07, 6.45) is 0.421. The van der Waals surface area contributed by atoms with E-state index >= 15 is 0 Å². The fourth-order valence-electron chi connectivity index (χ4n) is 1.91. The molecule has 19 heavy (non-hydrogen) atoms. The SMILES string of the molecule is Nc1cc2oc(Cc3cccc(F)c3)nc2cc1Cl. The van der Waals surface area contributed by atoms with Crippen LogP contribution in [-0.4, -0.2) is 4.98 Å². The Morgan fingerprint density at radius 1 is 1.26 bits per heavy atom. The number of benzene rings is 2. The Balaban J connectivity index is 1.97. The number of hydrogen-bond acceptors (Lipinski definition) is 3. The van der Waals surface area contributed by atoms with Crippen molar-refractivity contribution in [2.24, 2.45) is 0 Å². The normalized spacial score (nSPS) is 11.1. The molecule has 0 spiro atoms. The first-order chi connectivity index (χ1) is 9.11. The quantitative estimate of drug-likeness (QED) is 0.725. The van der Waals surface area contributed by atoms with Crippen molar-refractivity contribution < 1.29 is 8.81 Å². The van der Waals surface area contributed by atoms with Crippen molar-refractivity contribution in [3.8, 4) is 0 Å².